The molecule has 0 aromatic rings. The third kappa shape index (κ3) is 8.06. The largest absolute Gasteiger partial charge is 0.444 e. The second-order valence-corrected chi connectivity index (χ2v) is 4.46. The summed E-state index contributed by atoms with van der Waals surface area (Å²) in [6.45, 7) is 8.53. The maximum atomic E-state index is 11.2. The molecule has 0 heterocycles. The zero-order valence-electron chi connectivity index (χ0n) is 10.5. The van der Waals surface area contributed by atoms with Crippen molar-refractivity contribution in [1.82, 2.24) is 10.6 Å². The van der Waals surface area contributed by atoms with Crippen LogP contribution in [0.25, 0.3) is 0 Å². The molecule has 0 bridgehead atoms. The zero-order valence-corrected chi connectivity index (χ0v) is 10.5. The van der Waals surface area contributed by atoms with Gasteiger partial charge in [-0.15, -0.1) is 0 Å². The van der Waals surface area contributed by atoms with Crippen molar-refractivity contribution in [3.05, 3.63) is 0 Å². The van der Waals surface area contributed by atoms with E-state index in [1.165, 1.54) is 0 Å². The Labute approximate surface area is 97.2 Å². The van der Waals surface area contributed by atoms with Gasteiger partial charge in [-0.3, -0.25) is 0 Å². The lowest BCUT2D eigenvalue weighted by Gasteiger charge is -2.20. The van der Waals surface area contributed by atoms with Crippen LogP contribution in [-0.4, -0.2) is 30.8 Å². The number of nitrogens with one attached hydrogen (secondary N) is 2. The Morgan fingerprint density at radius 3 is 2.56 bits per heavy atom. The first-order valence-electron chi connectivity index (χ1n) is 5.49. The summed E-state index contributed by atoms with van der Waals surface area (Å²) in [5, 5.41) is 14.4. The van der Waals surface area contributed by atoms with Crippen LogP contribution >= 0.6 is 0 Å². The average Bonchev–Trinajstić information content (AvgIpc) is 2.13. The molecule has 0 aliphatic heterocycles. The van der Waals surface area contributed by atoms with Crippen LogP contribution in [0.15, 0.2) is 0 Å². The van der Waals surface area contributed by atoms with Crippen molar-refractivity contribution in [3.63, 3.8) is 0 Å². The monoisotopic (exact) mass is 227 g/mol. The third-order valence-corrected chi connectivity index (χ3v) is 1.71. The number of nitrogens with zero attached hydrogens (tertiary/aromatic N) is 1. The lowest BCUT2D eigenvalue weighted by Crippen LogP contribution is -2.36. The summed E-state index contributed by atoms with van der Waals surface area (Å²) in [5.41, 5.74) is -0.486. The number of amides is 1. The molecular weight excluding hydrogens is 206 g/mol. The van der Waals surface area contributed by atoms with Gasteiger partial charge in [0, 0.05) is 6.54 Å². The van der Waals surface area contributed by atoms with Crippen molar-refractivity contribution in [2.45, 2.75) is 45.8 Å². The number of alkyl carbamates (subject to hydrolysis) is 1. The highest BCUT2D eigenvalue weighted by Gasteiger charge is 2.15. The van der Waals surface area contributed by atoms with Crippen LogP contribution in [0, 0.1) is 11.3 Å². The third-order valence-electron chi connectivity index (χ3n) is 1.71. The second-order valence-electron chi connectivity index (χ2n) is 4.46. The number of ether oxygens (including phenoxy) is 1. The first-order chi connectivity index (χ1) is 7.39. The molecule has 0 rings (SSSR count). The summed E-state index contributed by atoms with van der Waals surface area (Å²) in [4.78, 5) is 11.2. The summed E-state index contributed by atoms with van der Waals surface area (Å²) in [6.07, 6.45) is 0.129. The molecule has 0 aliphatic rings. The molecule has 5 nitrogen and oxygen atoms in total. The van der Waals surface area contributed by atoms with Crippen molar-refractivity contribution in [2.75, 3.05) is 13.1 Å². The highest BCUT2D eigenvalue weighted by Crippen LogP contribution is 2.06. The molecular formula is C11H21N3O2. The van der Waals surface area contributed by atoms with Crippen molar-refractivity contribution in [3.8, 4) is 6.07 Å². The fraction of sp³-hybridized carbons (Fsp3) is 0.818. The molecule has 0 saturated carbocycles. The van der Waals surface area contributed by atoms with E-state index >= 15 is 0 Å². The highest BCUT2D eigenvalue weighted by atomic mass is 16.6. The fourth-order valence-electron chi connectivity index (χ4n) is 1.09. The van der Waals surface area contributed by atoms with Crippen molar-refractivity contribution in [2.24, 2.45) is 0 Å². The van der Waals surface area contributed by atoms with Crippen LogP contribution in [0.5, 0.6) is 0 Å². The van der Waals surface area contributed by atoms with Gasteiger partial charge in [0.2, 0.25) is 0 Å². The van der Waals surface area contributed by atoms with Crippen LogP contribution in [0.4, 0.5) is 4.79 Å². The normalized spacial score (nSPS) is 12.7. The Morgan fingerprint density at radius 1 is 1.50 bits per heavy atom. The number of carbonyl (C=O) groups excluding carboxylic acids is 1. The van der Waals surface area contributed by atoms with E-state index in [9.17, 15) is 4.79 Å². The van der Waals surface area contributed by atoms with E-state index in [-0.39, 0.29) is 6.04 Å². The van der Waals surface area contributed by atoms with Crippen LogP contribution in [0.1, 0.15) is 34.1 Å². The van der Waals surface area contributed by atoms with Gasteiger partial charge in [-0.1, -0.05) is 6.92 Å². The van der Waals surface area contributed by atoms with Crippen molar-refractivity contribution >= 4 is 6.09 Å². The Hall–Kier alpha value is -1.28. The molecule has 0 spiro atoms. The molecule has 0 fully saturated rings. The SMILES string of the molecule is CCNC(C#N)CCNC(=O)OC(C)(C)C. The molecule has 0 aromatic carbocycles. The molecule has 0 aliphatic carbocycles. The Balaban J connectivity index is 3.73. The lowest BCUT2D eigenvalue weighted by molar-refractivity contribution is 0.0526. The molecule has 0 aromatic heterocycles. The maximum absolute atomic E-state index is 11.2. The van der Waals surface area contributed by atoms with E-state index in [0.717, 1.165) is 6.54 Å². The van der Waals surface area contributed by atoms with Gasteiger partial charge in [-0.05, 0) is 33.7 Å². The number of carbonyl (C=O) groups is 1. The maximum Gasteiger partial charge on any atom is 0.407 e. The highest BCUT2D eigenvalue weighted by molar-refractivity contribution is 5.67. The minimum Gasteiger partial charge on any atom is -0.444 e. The number of hydrogen-bond donors (Lipinski definition) is 2. The zero-order chi connectivity index (χ0) is 12.6. The molecule has 0 saturated heterocycles. The molecule has 92 valence electrons. The second kappa shape index (κ2) is 7.07. The average molecular weight is 227 g/mol. The van der Waals surface area contributed by atoms with Gasteiger partial charge in [-0.25, -0.2) is 4.79 Å². The van der Waals surface area contributed by atoms with E-state index in [1.807, 2.05) is 27.7 Å². The Kier molecular flexibility index (Phi) is 6.50. The fourth-order valence-corrected chi connectivity index (χ4v) is 1.09. The predicted molar refractivity (Wildman–Crippen MR) is 61.9 cm³/mol. The summed E-state index contributed by atoms with van der Waals surface area (Å²) >= 11 is 0. The van der Waals surface area contributed by atoms with Gasteiger partial charge in [0.05, 0.1) is 12.1 Å². The summed E-state index contributed by atoms with van der Waals surface area (Å²) in [5.74, 6) is 0. The van der Waals surface area contributed by atoms with Crippen LogP contribution < -0.4 is 10.6 Å². The van der Waals surface area contributed by atoms with Crippen LogP contribution in [-0.2, 0) is 4.74 Å². The van der Waals surface area contributed by atoms with Crippen molar-refractivity contribution in [1.29, 1.82) is 5.26 Å². The van der Waals surface area contributed by atoms with E-state index in [4.69, 9.17) is 10.00 Å². The van der Waals surface area contributed by atoms with Gasteiger partial charge in [0.15, 0.2) is 0 Å². The van der Waals surface area contributed by atoms with Gasteiger partial charge >= 0.3 is 6.09 Å². The van der Waals surface area contributed by atoms with Gasteiger partial charge < -0.3 is 15.4 Å². The minimum absolute atomic E-state index is 0.222. The summed E-state index contributed by atoms with van der Waals surface area (Å²) in [6, 6.07) is 1.90. The van der Waals surface area contributed by atoms with Gasteiger partial charge in [0.1, 0.15) is 5.60 Å². The van der Waals surface area contributed by atoms with E-state index < -0.39 is 11.7 Å². The smallest absolute Gasteiger partial charge is 0.407 e. The molecule has 16 heavy (non-hydrogen) atoms. The molecule has 1 atom stereocenters. The predicted octanol–water partition coefficient (Wildman–Crippen LogP) is 1.40. The molecule has 2 N–H and O–H groups in total. The number of nitriles is 1. The molecule has 0 radical (unpaired) electrons. The molecule has 1 unspecified atom stereocenters. The standard InChI is InChI=1S/C11H21N3O2/c1-5-13-9(8-12)6-7-14-10(15)16-11(2,3)4/h9,13H,5-7H2,1-4H3,(H,14,15). The Morgan fingerprint density at radius 2 is 2.12 bits per heavy atom. The Bertz CT molecular complexity index is 253. The first kappa shape index (κ1) is 14.7. The van der Waals surface area contributed by atoms with Crippen LogP contribution in [0.2, 0.25) is 0 Å². The van der Waals surface area contributed by atoms with E-state index in [1.54, 1.807) is 0 Å². The lowest BCUT2D eigenvalue weighted by atomic mass is 10.2. The van der Waals surface area contributed by atoms with Gasteiger partial charge in [0.25, 0.3) is 0 Å². The van der Waals surface area contributed by atoms with Crippen molar-refractivity contribution < 1.29 is 9.53 Å². The van der Waals surface area contributed by atoms with E-state index in [0.29, 0.717) is 13.0 Å². The van der Waals surface area contributed by atoms with E-state index in [2.05, 4.69) is 16.7 Å². The number of hydrogen-bond acceptors (Lipinski definition) is 4. The molecule has 1 amide bonds. The first-order valence-corrected chi connectivity index (χ1v) is 5.49. The topological polar surface area (TPSA) is 74.2 Å². The minimum atomic E-state index is -0.486. The van der Waals surface area contributed by atoms with Crippen LogP contribution in [0.3, 0.4) is 0 Å². The number of rotatable bonds is 5. The quantitative estimate of drug-likeness (QED) is 0.744. The molecule has 5 heteroatoms. The summed E-state index contributed by atoms with van der Waals surface area (Å²) < 4.78 is 5.06. The summed E-state index contributed by atoms with van der Waals surface area (Å²) in [7, 11) is 0. The van der Waals surface area contributed by atoms with Gasteiger partial charge in [-0.2, -0.15) is 5.26 Å².